The van der Waals surface area contributed by atoms with Crippen LogP contribution in [0.3, 0.4) is 0 Å². The number of hydrogen-bond acceptors (Lipinski definition) is 4. The summed E-state index contributed by atoms with van der Waals surface area (Å²) in [5, 5.41) is 11.4. The fourth-order valence-corrected chi connectivity index (χ4v) is 9.82. The van der Waals surface area contributed by atoms with Crippen LogP contribution in [0.15, 0.2) is 207 Å². The molecular formula is C57H37N3O2. The van der Waals surface area contributed by atoms with Gasteiger partial charge in [0.2, 0.25) is 0 Å². The molecule has 62 heavy (non-hydrogen) atoms. The molecule has 13 rings (SSSR count). The average molecular weight is 796 g/mol. The van der Waals surface area contributed by atoms with Crippen molar-refractivity contribution < 1.29 is 8.83 Å². The summed E-state index contributed by atoms with van der Waals surface area (Å²) < 4.78 is 15.3. The molecule has 4 heterocycles. The van der Waals surface area contributed by atoms with E-state index in [9.17, 15) is 0 Å². The predicted molar refractivity (Wildman–Crippen MR) is 258 cm³/mol. The zero-order chi connectivity index (χ0) is 40.9. The van der Waals surface area contributed by atoms with Gasteiger partial charge in [-0.3, -0.25) is 0 Å². The third-order valence-corrected chi connectivity index (χ3v) is 12.8. The molecule has 0 N–H and O–H groups in total. The topological polar surface area (TPSA) is 55.9 Å². The van der Waals surface area contributed by atoms with Gasteiger partial charge < -0.3 is 13.4 Å². The minimum atomic E-state index is 0.0509. The number of amidine groups is 1. The van der Waals surface area contributed by atoms with Gasteiger partial charge in [0.05, 0.1) is 28.1 Å². The van der Waals surface area contributed by atoms with Gasteiger partial charge in [0.15, 0.2) is 5.84 Å². The number of hydrogen-bond donors (Lipinski definition) is 0. The van der Waals surface area contributed by atoms with Crippen molar-refractivity contribution in [2.45, 2.75) is 13.3 Å². The van der Waals surface area contributed by atoms with Gasteiger partial charge in [0.1, 0.15) is 22.3 Å². The van der Waals surface area contributed by atoms with Gasteiger partial charge in [0.25, 0.3) is 0 Å². The highest BCUT2D eigenvalue weighted by molar-refractivity contribution is 6.20. The van der Waals surface area contributed by atoms with Crippen molar-refractivity contribution in [1.29, 1.82) is 0 Å². The van der Waals surface area contributed by atoms with E-state index in [0.717, 1.165) is 101 Å². The van der Waals surface area contributed by atoms with Crippen LogP contribution in [0.4, 0.5) is 0 Å². The molecule has 5 heteroatoms. The van der Waals surface area contributed by atoms with Crippen molar-refractivity contribution in [1.82, 2.24) is 4.57 Å². The normalized spacial score (nSPS) is 17.4. The molecule has 3 aromatic heterocycles. The van der Waals surface area contributed by atoms with Gasteiger partial charge in [-0.1, -0.05) is 128 Å². The first kappa shape index (κ1) is 34.8. The molecule has 9 aromatic carbocycles. The quantitative estimate of drug-likeness (QED) is 0.178. The van der Waals surface area contributed by atoms with Crippen LogP contribution in [-0.2, 0) is 0 Å². The fourth-order valence-electron chi connectivity index (χ4n) is 9.82. The number of aliphatic imine (C=N–C) groups is 2. The number of furan rings is 2. The van der Waals surface area contributed by atoms with Crippen LogP contribution in [0, 0.1) is 5.92 Å². The second-order valence-electron chi connectivity index (χ2n) is 16.5. The Kier molecular flexibility index (Phi) is 7.58. The van der Waals surface area contributed by atoms with Crippen molar-refractivity contribution in [3.05, 3.63) is 205 Å². The van der Waals surface area contributed by atoms with Gasteiger partial charge in [-0.2, -0.15) is 0 Å². The Labute approximate surface area is 356 Å². The van der Waals surface area contributed by atoms with Crippen LogP contribution in [0.1, 0.15) is 30.0 Å². The Bertz CT molecular complexity index is 3930. The van der Waals surface area contributed by atoms with Crippen molar-refractivity contribution in [3.8, 4) is 5.69 Å². The molecule has 1 atom stereocenters. The summed E-state index contributed by atoms with van der Waals surface area (Å²) in [6, 6.07) is 64.5. The number of fused-ring (bicyclic) bond motifs is 11. The lowest BCUT2D eigenvalue weighted by atomic mass is 9.91. The number of rotatable bonds is 4. The van der Waals surface area contributed by atoms with Gasteiger partial charge >= 0.3 is 0 Å². The summed E-state index contributed by atoms with van der Waals surface area (Å²) in [5.41, 5.74) is 11.6. The summed E-state index contributed by atoms with van der Waals surface area (Å²) in [4.78, 5) is 11.4. The largest absolute Gasteiger partial charge is 0.456 e. The number of nitrogens with zero attached hydrogens (tertiary/aromatic N) is 3. The maximum Gasteiger partial charge on any atom is 0.160 e. The molecule has 1 unspecified atom stereocenters. The third-order valence-electron chi connectivity index (χ3n) is 12.8. The van der Waals surface area contributed by atoms with Crippen LogP contribution in [0.5, 0.6) is 0 Å². The van der Waals surface area contributed by atoms with E-state index in [4.69, 9.17) is 18.8 Å². The van der Waals surface area contributed by atoms with Crippen LogP contribution >= 0.6 is 0 Å². The van der Waals surface area contributed by atoms with Crippen molar-refractivity contribution in [2.75, 3.05) is 0 Å². The lowest BCUT2D eigenvalue weighted by Crippen LogP contribution is -2.17. The minimum Gasteiger partial charge on any atom is -0.456 e. The lowest BCUT2D eigenvalue weighted by molar-refractivity contribution is 0.668. The summed E-state index contributed by atoms with van der Waals surface area (Å²) >= 11 is 0. The first-order valence-electron chi connectivity index (χ1n) is 21.3. The standard InChI is InChI=1S/C57H37N3O2/c1-34-22-26-46(58-57(40-24-23-35-12-2-3-13-36(35)30-40)59-56(34)39-25-28-52-45(32-39)42-17-7-10-20-50(42)61-52)55-48(27-29-53-54(55)43-18-8-11-21-51(43)62-53)60-47-19-9-6-16-41(47)44-31-37-14-4-5-15-38(37)33-49(44)60/h2-21,23-34H,22H2,1H3/b46-26+,58-57-,59-56+. The van der Waals surface area contributed by atoms with Gasteiger partial charge in [0, 0.05) is 49.4 Å². The highest BCUT2D eigenvalue weighted by Crippen LogP contribution is 2.43. The van der Waals surface area contributed by atoms with E-state index in [1.54, 1.807) is 0 Å². The van der Waals surface area contributed by atoms with Crippen LogP contribution in [0.2, 0.25) is 0 Å². The monoisotopic (exact) mass is 795 g/mol. The minimum absolute atomic E-state index is 0.0509. The molecule has 12 aromatic rings. The molecular weight excluding hydrogens is 759 g/mol. The summed E-state index contributed by atoms with van der Waals surface area (Å²) in [6.07, 6.45) is 3.05. The van der Waals surface area contributed by atoms with Crippen LogP contribution in [-0.4, -0.2) is 16.1 Å². The molecule has 1 aliphatic rings. The molecule has 0 saturated heterocycles. The Morgan fingerprint density at radius 1 is 0.468 bits per heavy atom. The average Bonchev–Trinajstić information content (AvgIpc) is 3.98. The molecule has 0 bridgehead atoms. The number of aromatic nitrogens is 1. The summed E-state index contributed by atoms with van der Waals surface area (Å²) in [7, 11) is 0. The lowest BCUT2D eigenvalue weighted by Gasteiger charge is -2.21. The van der Waals surface area contributed by atoms with E-state index in [1.165, 1.54) is 26.9 Å². The Balaban J connectivity index is 1.11. The van der Waals surface area contributed by atoms with E-state index >= 15 is 0 Å². The molecule has 0 radical (unpaired) electrons. The summed E-state index contributed by atoms with van der Waals surface area (Å²) in [6.45, 7) is 2.28. The first-order chi connectivity index (χ1) is 30.6. The molecule has 5 nitrogen and oxygen atoms in total. The molecule has 0 fully saturated rings. The molecule has 1 aliphatic heterocycles. The second-order valence-corrected chi connectivity index (χ2v) is 16.5. The Morgan fingerprint density at radius 3 is 1.94 bits per heavy atom. The second kappa shape index (κ2) is 13.5. The van der Waals surface area contributed by atoms with Gasteiger partial charge in [-0.05, 0) is 100 Å². The summed E-state index contributed by atoms with van der Waals surface area (Å²) in [5.74, 6) is 0.708. The van der Waals surface area contributed by atoms with E-state index in [1.807, 2.05) is 18.2 Å². The zero-order valence-electron chi connectivity index (χ0n) is 33.8. The van der Waals surface area contributed by atoms with E-state index < -0.39 is 0 Å². The third kappa shape index (κ3) is 5.35. The molecule has 0 amide bonds. The smallest absolute Gasteiger partial charge is 0.160 e. The van der Waals surface area contributed by atoms with Crippen molar-refractivity contribution in [3.63, 3.8) is 0 Å². The molecule has 292 valence electrons. The fraction of sp³-hybridized carbons (Fsp3) is 0.0526. The predicted octanol–water partition coefficient (Wildman–Crippen LogP) is 15.2. The van der Waals surface area contributed by atoms with Gasteiger partial charge in [-0.25, -0.2) is 9.98 Å². The molecule has 0 saturated carbocycles. The number of benzene rings is 9. The number of para-hydroxylation sites is 3. The SMILES string of the molecule is CC1C/C=C(c2c(-n3c4ccccc4c4cc5ccccc5cc43)ccc3oc4ccccc4c23)/N=C(c2ccc3ccccc3c2)\N=C/1c1ccc2oc3ccccc3c2c1. The van der Waals surface area contributed by atoms with E-state index in [0.29, 0.717) is 5.84 Å². The molecule has 0 aliphatic carbocycles. The van der Waals surface area contributed by atoms with Crippen molar-refractivity contribution >= 4 is 104 Å². The Hall–Kier alpha value is -8.02. The van der Waals surface area contributed by atoms with Crippen LogP contribution in [0.25, 0.3) is 98.6 Å². The highest BCUT2D eigenvalue weighted by Gasteiger charge is 2.26. The highest BCUT2D eigenvalue weighted by atomic mass is 16.3. The maximum absolute atomic E-state index is 6.64. The number of allylic oxidation sites excluding steroid dienone is 1. The van der Waals surface area contributed by atoms with Gasteiger partial charge in [-0.15, -0.1) is 0 Å². The maximum atomic E-state index is 6.64. The van der Waals surface area contributed by atoms with E-state index in [2.05, 4.69) is 181 Å². The zero-order valence-corrected chi connectivity index (χ0v) is 33.8. The van der Waals surface area contributed by atoms with Crippen LogP contribution < -0.4 is 0 Å². The first-order valence-corrected chi connectivity index (χ1v) is 21.3. The Morgan fingerprint density at radius 2 is 1.10 bits per heavy atom. The van der Waals surface area contributed by atoms with E-state index in [-0.39, 0.29) is 5.92 Å². The molecule has 0 spiro atoms. The van der Waals surface area contributed by atoms with Crippen molar-refractivity contribution in [2.24, 2.45) is 15.9 Å².